The van der Waals surface area contributed by atoms with Gasteiger partial charge in [0.15, 0.2) is 0 Å². The van der Waals surface area contributed by atoms with Gasteiger partial charge in [-0.2, -0.15) is 0 Å². The Morgan fingerprint density at radius 2 is 1.78 bits per heavy atom. The quantitative estimate of drug-likeness (QED) is 0.769. The van der Waals surface area contributed by atoms with Gasteiger partial charge in [-0.25, -0.2) is 4.79 Å². The predicted molar refractivity (Wildman–Crippen MR) is 94.8 cm³/mol. The SMILES string of the molecule is CCCCc1ccc(C2CCN(C(=O)OC(C)(C)C)CC2)cc1. The summed E-state index contributed by atoms with van der Waals surface area (Å²) in [6.07, 6.45) is 5.54. The molecule has 1 aromatic rings. The Hall–Kier alpha value is -1.51. The number of ether oxygens (including phenoxy) is 1. The number of nitrogens with zero attached hydrogens (tertiary/aromatic N) is 1. The number of unbranched alkanes of at least 4 members (excludes halogenated alkanes) is 1. The predicted octanol–water partition coefficient (Wildman–Crippen LogP) is 5.14. The maximum atomic E-state index is 12.1. The van der Waals surface area contributed by atoms with Crippen LogP contribution in [0.15, 0.2) is 24.3 Å². The smallest absolute Gasteiger partial charge is 0.410 e. The Balaban J connectivity index is 1.85. The lowest BCUT2D eigenvalue weighted by atomic mass is 9.89. The van der Waals surface area contributed by atoms with Crippen LogP contribution in [0.25, 0.3) is 0 Å². The van der Waals surface area contributed by atoms with Crippen LogP contribution in [0.2, 0.25) is 0 Å². The average molecular weight is 317 g/mol. The second kappa shape index (κ2) is 7.85. The van der Waals surface area contributed by atoms with Crippen molar-refractivity contribution in [3.05, 3.63) is 35.4 Å². The van der Waals surface area contributed by atoms with Gasteiger partial charge in [0, 0.05) is 13.1 Å². The molecule has 1 saturated heterocycles. The van der Waals surface area contributed by atoms with Crippen molar-refractivity contribution in [3.8, 4) is 0 Å². The first-order valence-electron chi connectivity index (χ1n) is 8.96. The van der Waals surface area contributed by atoms with Crippen molar-refractivity contribution in [1.29, 1.82) is 0 Å². The van der Waals surface area contributed by atoms with E-state index in [9.17, 15) is 4.79 Å². The van der Waals surface area contributed by atoms with Crippen LogP contribution in [0, 0.1) is 0 Å². The molecule has 1 heterocycles. The first-order valence-corrected chi connectivity index (χ1v) is 8.96. The summed E-state index contributed by atoms with van der Waals surface area (Å²) in [4.78, 5) is 14.0. The van der Waals surface area contributed by atoms with Gasteiger partial charge in [-0.3, -0.25) is 0 Å². The van der Waals surface area contributed by atoms with Crippen molar-refractivity contribution < 1.29 is 9.53 Å². The number of carbonyl (C=O) groups excluding carboxylic acids is 1. The second-order valence-corrected chi connectivity index (χ2v) is 7.59. The Morgan fingerprint density at radius 3 is 2.30 bits per heavy atom. The number of hydrogen-bond acceptors (Lipinski definition) is 2. The fourth-order valence-electron chi connectivity index (χ4n) is 3.06. The van der Waals surface area contributed by atoms with E-state index in [2.05, 4.69) is 31.2 Å². The van der Waals surface area contributed by atoms with Gasteiger partial charge < -0.3 is 9.64 Å². The number of benzene rings is 1. The van der Waals surface area contributed by atoms with Gasteiger partial charge in [-0.05, 0) is 63.5 Å². The highest BCUT2D eigenvalue weighted by atomic mass is 16.6. The van der Waals surface area contributed by atoms with Crippen LogP contribution in [-0.4, -0.2) is 29.7 Å². The zero-order valence-corrected chi connectivity index (χ0v) is 15.1. The van der Waals surface area contributed by atoms with Crippen molar-refractivity contribution in [2.45, 2.75) is 71.3 Å². The molecular weight excluding hydrogens is 286 g/mol. The van der Waals surface area contributed by atoms with Crippen LogP contribution in [-0.2, 0) is 11.2 Å². The molecule has 1 fully saturated rings. The van der Waals surface area contributed by atoms with Gasteiger partial charge in [-0.15, -0.1) is 0 Å². The third-order valence-electron chi connectivity index (χ3n) is 4.42. The summed E-state index contributed by atoms with van der Waals surface area (Å²) >= 11 is 0. The van der Waals surface area contributed by atoms with E-state index in [0.29, 0.717) is 5.92 Å². The van der Waals surface area contributed by atoms with E-state index in [0.717, 1.165) is 25.9 Å². The molecule has 1 aromatic carbocycles. The molecule has 3 heteroatoms. The monoisotopic (exact) mass is 317 g/mol. The molecule has 1 aliphatic rings. The number of likely N-dealkylation sites (tertiary alicyclic amines) is 1. The maximum absolute atomic E-state index is 12.1. The minimum atomic E-state index is -0.414. The topological polar surface area (TPSA) is 29.5 Å². The average Bonchev–Trinajstić information content (AvgIpc) is 2.52. The molecular formula is C20H31NO2. The summed E-state index contributed by atoms with van der Waals surface area (Å²) in [5, 5.41) is 0. The normalized spacial score (nSPS) is 16.4. The van der Waals surface area contributed by atoms with Gasteiger partial charge in [0.25, 0.3) is 0 Å². The first-order chi connectivity index (χ1) is 10.9. The van der Waals surface area contributed by atoms with E-state index in [1.807, 2.05) is 25.7 Å². The highest BCUT2D eigenvalue weighted by Crippen LogP contribution is 2.29. The summed E-state index contributed by atoms with van der Waals surface area (Å²) in [5.41, 5.74) is 2.43. The van der Waals surface area contributed by atoms with Crippen molar-refractivity contribution in [3.63, 3.8) is 0 Å². The van der Waals surface area contributed by atoms with Crippen LogP contribution >= 0.6 is 0 Å². The van der Waals surface area contributed by atoms with Crippen molar-refractivity contribution in [1.82, 2.24) is 4.90 Å². The van der Waals surface area contributed by atoms with Gasteiger partial charge in [0.05, 0.1) is 0 Å². The molecule has 0 radical (unpaired) electrons. The Bertz CT molecular complexity index is 493. The molecule has 0 aliphatic carbocycles. The Morgan fingerprint density at radius 1 is 1.17 bits per heavy atom. The number of hydrogen-bond donors (Lipinski definition) is 0. The molecule has 0 N–H and O–H groups in total. The Labute approximate surface area is 141 Å². The molecule has 2 rings (SSSR count). The molecule has 0 saturated carbocycles. The van der Waals surface area contributed by atoms with E-state index in [-0.39, 0.29) is 6.09 Å². The fraction of sp³-hybridized carbons (Fsp3) is 0.650. The van der Waals surface area contributed by atoms with Crippen molar-refractivity contribution in [2.75, 3.05) is 13.1 Å². The third-order valence-corrected chi connectivity index (χ3v) is 4.42. The highest BCUT2D eigenvalue weighted by molar-refractivity contribution is 5.68. The molecule has 1 amide bonds. The minimum Gasteiger partial charge on any atom is -0.444 e. The fourth-order valence-corrected chi connectivity index (χ4v) is 3.06. The zero-order chi connectivity index (χ0) is 16.9. The van der Waals surface area contributed by atoms with Crippen LogP contribution in [0.1, 0.15) is 70.4 Å². The van der Waals surface area contributed by atoms with E-state index in [1.54, 1.807) is 0 Å². The molecule has 3 nitrogen and oxygen atoms in total. The lowest BCUT2D eigenvalue weighted by Crippen LogP contribution is -2.41. The van der Waals surface area contributed by atoms with E-state index in [4.69, 9.17) is 4.74 Å². The largest absolute Gasteiger partial charge is 0.444 e. The van der Waals surface area contributed by atoms with E-state index < -0.39 is 5.60 Å². The highest BCUT2D eigenvalue weighted by Gasteiger charge is 2.27. The van der Waals surface area contributed by atoms with Crippen LogP contribution in [0.5, 0.6) is 0 Å². The molecule has 23 heavy (non-hydrogen) atoms. The van der Waals surface area contributed by atoms with Gasteiger partial charge in [0.2, 0.25) is 0 Å². The number of piperidine rings is 1. The molecule has 0 atom stereocenters. The maximum Gasteiger partial charge on any atom is 0.410 e. The van der Waals surface area contributed by atoms with Crippen LogP contribution in [0.3, 0.4) is 0 Å². The van der Waals surface area contributed by atoms with Gasteiger partial charge in [-0.1, -0.05) is 37.6 Å². The molecule has 0 bridgehead atoms. The minimum absolute atomic E-state index is 0.175. The van der Waals surface area contributed by atoms with Crippen LogP contribution in [0.4, 0.5) is 4.79 Å². The van der Waals surface area contributed by atoms with Crippen molar-refractivity contribution in [2.24, 2.45) is 0 Å². The van der Waals surface area contributed by atoms with Crippen molar-refractivity contribution >= 4 is 6.09 Å². The third kappa shape index (κ3) is 5.56. The lowest BCUT2D eigenvalue weighted by molar-refractivity contribution is 0.0205. The van der Waals surface area contributed by atoms with Gasteiger partial charge in [0.1, 0.15) is 5.60 Å². The Kier molecular flexibility index (Phi) is 6.09. The van der Waals surface area contributed by atoms with Crippen LogP contribution < -0.4 is 0 Å². The number of carbonyl (C=O) groups is 1. The molecule has 1 aliphatic heterocycles. The first kappa shape index (κ1) is 17.8. The summed E-state index contributed by atoms with van der Waals surface area (Å²) in [6, 6.07) is 9.09. The molecule has 0 aromatic heterocycles. The standard InChI is InChI=1S/C20H31NO2/c1-5-6-7-16-8-10-17(11-9-16)18-12-14-21(15-13-18)19(22)23-20(2,3)4/h8-11,18H,5-7,12-15H2,1-4H3. The van der Waals surface area contributed by atoms with Gasteiger partial charge >= 0.3 is 6.09 Å². The summed E-state index contributed by atoms with van der Waals surface area (Å²) in [6.45, 7) is 9.55. The summed E-state index contributed by atoms with van der Waals surface area (Å²) < 4.78 is 5.46. The number of amides is 1. The van der Waals surface area contributed by atoms with E-state index in [1.165, 1.54) is 30.4 Å². The number of rotatable bonds is 4. The molecule has 0 spiro atoms. The zero-order valence-electron chi connectivity index (χ0n) is 15.1. The number of aryl methyl sites for hydroxylation is 1. The molecule has 128 valence electrons. The second-order valence-electron chi connectivity index (χ2n) is 7.59. The van der Waals surface area contributed by atoms with E-state index >= 15 is 0 Å². The summed E-state index contributed by atoms with van der Waals surface area (Å²) in [5.74, 6) is 0.564. The molecule has 0 unspecified atom stereocenters. The lowest BCUT2D eigenvalue weighted by Gasteiger charge is -2.33. The summed E-state index contributed by atoms with van der Waals surface area (Å²) in [7, 11) is 0.